The van der Waals surface area contributed by atoms with Gasteiger partial charge in [0.2, 0.25) is 0 Å². The van der Waals surface area contributed by atoms with Crippen molar-refractivity contribution in [1.29, 1.82) is 0 Å². The highest BCUT2D eigenvalue weighted by atomic mass is 32.1. The van der Waals surface area contributed by atoms with Crippen molar-refractivity contribution in [1.82, 2.24) is 0 Å². The van der Waals surface area contributed by atoms with Gasteiger partial charge in [0.15, 0.2) is 0 Å². The summed E-state index contributed by atoms with van der Waals surface area (Å²) in [5.74, 6) is -0.902. The second kappa shape index (κ2) is 4.70. The van der Waals surface area contributed by atoms with E-state index in [0.717, 1.165) is 4.31 Å². The van der Waals surface area contributed by atoms with Gasteiger partial charge >= 0.3 is 12.0 Å². The maximum atomic E-state index is 10.7. The molecule has 0 fully saturated rings. The average molecular weight is 226 g/mol. The van der Waals surface area contributed by atoms with Gasteiger partial charge in [-0.05, 0) is 17.7 Å². The molecule has 6 heteroatoms. The van der Waals surface area contributed by atoms with Gasteiger partial charge in [0.1, 0.15) is 0 Å². The number of anilines is 1. The van der Waals surface area contributed by atoms with E-state index in [1.165, 1.54) is 0 Å². The lowest BCUT2D eigenvalue weighted by atomic mass is 10.1. The number of carbonyl (C=O) groups is 2. The van der Waals surface area contributed by atoms with E-state index in [9.17, 15) is 9.59 Å². The van der Waals surface area contributed by atoms with Gasteiger partial charge in [-0.3, -0.25) is 4.79 Å². The fraction of sp³-hybridized carbons (Fsp3) is 0.111. The molecular weight excluding hydrogens is 216 g/mol. The Balaban J connectivity index is 2.80. The predicted molar refractivity (Wildman–Crippen MR) is 58.8 cm³/mol. The van der Waals surface area contributed by atoms with Crippen molar-refractivity contribution >= 4 is 30.5 Å². The summed E-state index contributed by atoms with van der Waals surface area (Å²) in [6.07, 6.45) is -0.0522. The van der Waals surface area contributed by atoms with E-state index in [2.05, 4.69) is 12.8 Å². The molecule has 0 aliphatic heterocycles. The Kier molecular flexibility index (Phi) is 3.56. The van der Waals surface area contributed by atoms with E-state index in [4.69, 9.17) is 10.8 Å². The van der Waals surface area contributed by atoms with Crippen LogP contribution >= 0.6 is 12.8 Å². The number of urea groups is 1. The number of benzene rings is 1. The molecule has 2 amide bonds. The van der Waals surface area contributed by atoms with Crippen molar-refractivity contribution in [3.63, 3.8) is 0 Å². The molecule has 1 aromatic carbocycles. The minimum atomic E-state index is -0.902. The van der Waals surface area contributed by atoms with Crippen molar-refractivity contribution in [3.8, 4) is 0 Å². The van der Waals surface area contributed by atoms with Crippen molar-refractivity contribution < 1.29 is 14.7 Å². The molecule has 3 N–H and O–H groups in total. The van der Waals surface area contributed by atoms with Gasteiger partial charge in [0.25, 0.3) is 0 Å². The van der Waals surface area contributed by atoms with Gasteiger partial charge in [-0.15, -0.1) is 0 Å². The highest BCUT2D eigenvalue weighted by molar-refractivity contribution is 7.82. The summed E-state index contributed by atoms with van der Waals surface area (Å²) >= 11 is 3.86. The zero-order chi connectivity index (χ0) is 11.4. The third-order valence-electron chi connectivity index (χ3n) is 1.75. The topological polar surface area (TPSA) is 83.6 Å². The fourth-order valence-corrected chi connectivity index (χ4v) is 1.19. The molecule has 80 valence electrons. The van der Waals surface area contributed by atoms with Crippen LogP contribution in [0.2, 0.25) is 0 Å². The van der Waals surface area contributed by atoms with Gasteiger partial charge in [0.05, 0.1) is 12.1 Å². The maximum absolute atomic E-state index is 10.7. The predicted octanol–water partition coefficient (Wildman–Crippen LogP) is 1.04. The molecule has 0 atom stereocenters. The van der Waals surface area contributed by atoms with Crippen molar-refractivity contribution in [3.05, 3.63) is 29.8 Å². The second-order valence-electron chi connectivity index (χ2n) is 2.89. The monoisotopic (exact) mass is 226 g/mol. The summed E-state index contributed by atoms with van der Waals surface area (Å²) in [4.78, 5) is 21.1. The number of carboxylic acids is 1. The van der Waals surface area contributed by atoms with E-state index in [-0.39, 0.29) is 6.42 Å². The Labute approximate surface area is 92.0 Å². The van der Waals surface area contributed by atoms with Gasteiger partial charge in [-0.25, -0.2) is 9.10 Å². The van der Waals surface area contributed by atoms with Crippen LogP contribution in [0.15, 0.2) is 24.3 Å². The summed E-state index contributed by atoms with van der Waals surface area (Å²) in [6, 6.07) is 5.68. The van der Waals surface area contributed by atoms with Gasteiger partial charge in [0, 0.05) is 0 Å². The number of rotatable bonds is 3. The van der Waals surface area contributed by atoms with E-state index in [1.54, 1.807) is 24.3 Å². The number of primary amides is 1. The molecule has 1 aromatic rings. The minimum absolute atomic E-state index is 0.0522. The quantitative estimate of drug-likeness (QED) is 0.673. The summed E-state index contributed by atoms with van der Waals surface area (Å²) in [5, 5.41) is 8.53. The summed E-state index contributed by atoms with van der Waals surface area (Å²) in [7, 11) is 0. The first-order chi connectivity index (χ1) is 7.00. The maximum Gasteiger partial charge on any atom is 0.329 e. The first-order valence-corrected chi connectivity index (χ1v) is 4.50. The Morgan fingerprint density at radius 1 is 1.33 bits per heavy atom. The fourth-order valence-electron chi connectivity index (χ4n) is 1.06. The number of carbonyl (C=O) groups excluding carboxylic acids is 1. The van der Waals surface area contributed by atoms with Crippen LogP contribution < -0.4 is 10.0 Å². The van der Waals surface area contributed by atoms with Crippen LogP contribution in [0, 0.1) is 0 Å². The molecule has 0 saturated carbocycles. The van der Waals surface area contributed by atoms with E-state index >= 15 is 0 Å². The van der Waals surface area contributed by atoms with Crippen molar-refractivity contribution in [2.75, 3.05) is 4.31 Å². The second-order valence-corrected chi connectivity index (χ2v) is 3.29. The molecule has 0 aliphatic carbocycles. The molecule has 0 unspecified atom stereocenters. The van der Waals surface area contributed by atoms with E-state index in [0.29, 0.717) is 11.3 Å². The van der Waals surface area contributed by atoms with Crippen molar-refractivity contribution in [2.45, 2.75) is 6.42 Å². The molecule has 15 heavy (non-hydrogen) atoms. The lowest BCUT2D eigenvalue weighted by Gasteiger charge is -2.12. The zero-order valence-corrected chi connectivity index (χ0v) is 8.65. The van der Waals surface area contributed by atoms with Gasteiger partial charge in [-0.2, -0.15) is 0 Å². The summed E-state index contributed by atoms with van der Waals surface area (Å²) in [5.41, 5.74) is 6.15. The van der Waals surface area contributed by atoms with Crippen LogP contribution in [0.3, 0.4) is 0 Å². The van der Waals surface area contributed by atoms with Crippen LogP contribution in [0.5, 0.6) is 0 Å². The Hall–Kier alpha value is -1.69. The zero-order valence-electron chi connectivity index (χ0n) is 7.75. The molecule has 0 radical (unpaired) electrons. The molecule has 0 bridgehead atoms. The molecular formula is C9H10N2O3S. The number of amides is 2. The highest BCUT2D eigenvalue weighted by Crippen LogP contribution is 2.16. The number of nitrogens with zero attached hydrogens (tertiary/aromatic N) is 1. The van der Waals surface area contributed by atoms with Crippen LogP contribution in [0.1, 0.15) is 5.56 Å². The smallest absolute Gasteiger partial charge is 0.329 e. The number of carboxylic acid groups (broad SMARTS) is 1. The normalized spacial score (nSPS) is 9.67. The standard InChI is InChI=1S/C9H10N2O3S/c10-9(14)11(15)7-3-1-6(2-4-7)5-8(12)13/h1-4,15H,5H2,(H2,10,14)(H,12,13). The molecule has 5 nitrogen and oxygen atoms in total. The molecule has 0 aliphatic rings. The molecule has 1 rings (SSSR count). The lowest BCUT2D eigenvalue weighted by molar-refractivity contribution is -0.136. The molecule has 0 heterocycles. The number of thiol groups is 1. The number of nitrogens with two attached hydrogens (primary N) is 1. The number of hydrogen-bond donors (Lipinski definition) is 3. The van der Waals surface area contributed by atoms with Crippen molar-refractivity contribution in [2.24, 2.45) is 5.73 Å². The third-order valence-corrected chi connectivity index (χ3v) is 2.17. The van der Waals surface area contributed by atoms with Crippen LogP contribution in [-0.4, -0.2) is 17.1 Å². The Morgan fingerprint density at radius 3 is 2.27 bits per heavy atom. The molecule has 0 aromatic heterocycles. The van der Waals surface area contributed by atoms with Gasteiger partial charge in [-0.1, -0.05) is 24.9 Å². The summed E-state index contributed by atoms with van der Waals surface area (Å²) in [6.45, 7) is 0. The SMILES string of the molecule is NC(=O)N(S)c1ccc(CC(=O)O)cc1. The molecule has 0 spiro atoms. The first kappa shape index (κ1) is 11.4. The average Bonchev–Trinajstić information content (AvgIpc) is 2.17. The first-order valence-electron chi connectivity index (χ1n) is 4.10. The van der Waals surface area contributed by atoms with E-state index < -0.39 is 12.0 Å². The van der Waals surface area contributed by atoms with Crippen LogP contribution in [0.25, 0.3) is 0 Å². The van der Waals surface area contributed by atoms with Gasteiger partial charge < -0.3 is 10.8 Å². The minimum Gasteiger partial charge on any atom is -0.481 e. The highest BCUT2D eigenvalue weighted by Gasteiger charge is 2.07. The Bertz CT molecular complexity index is 377. The number of aliphatic carboxylic acids is 1. The molecule has 0 saturated heterocycles. The largest absolute Gasteiger partial charge is 0.481 e. The summed E-state index contributed by atoms with van der Waals surface area (Å²) < 4.78 is 0.977. The lowest BCUT2D eigenvalue weighted by Crippen LogP contribution is -2.27. The van der Waals surface area contributed by atoms with Crippen LogP contribution in [-0.2, 0) is 11.2 Å². The third kappa shape index (κ3) is 3.17. The van der Waals surface area contributed by atoms with E-state index in [1.807, 2.05) is 0 Å². The Morgan fingerprint density at radius 2 is 1.87 bits per heavy atom. The number of hydrogen-bond acceptors (Lipinski definition) is 3. The van der Waals surface area contributed by atoms with Crippen LogP contribution in [0.4, 0.5) is 10.5 Å².